The Morgan fingerprint density at radius 2 is 1.55 bits per heavy atom. The van der Waals surface area contributed by atoms with Gasteiger partial charge in [0.15, 0.2) is 0 Å². The van der Waals surface area contributed by atoms with Crippen LogP contribution in [0, 0.1) is 5.92 Å². The number of benzene rings is 3. The summed E-state index contributed by atoms with van der Waals surface area (Å²) in [5.74, 6) is 0.260. The molecular weight excluding hydrogens is 603 g/mol. The number of halogens is 5. The number of alkyl halides is 3. The van der Waals surface area contributed by atoms with Crippen LogP contribution < -0.4 is 5.32 Å². The summed E-state index contributed by atoms with van der Waals surface area (Å²) in [6, 6.07) is 23.7. The highest BCUT2D eigenvalue weighted by molar-refractivity contribution is 9.10. The van der Waals surface area contributed by atoms with Gasteiger partial charge in [-0.1, -0.05) is 52.3 Å². The first-order chi connectivity index (χ1) is 18.7. The molecule has 4 aromatic rings. The van der Waals surface area contributed by atoms with Gasteiger partial charge in [-0.2, -0.15) is 13.2 Å². The van der Waals surface area contributed by atoms with Crippen molar-refractivity contribution in [1.82, 2.24) is 14.8 Å². The molecule has 1 fully saturated rings. The van der Waals surface area contributed by atoms with Gasteiger partial charge in [0, 0.05) is 16.6 Å². The van der Waals surface area contributed by atoms with Crippen LogP contribution in [0.2, 0.25) is 0 Å². The number of likely N-dealkylation sites (tertiary alicyclic amines) is 1. The van der Waals surface area contributed by atoms with E-state index in [0.29, 0.717) is 35.0 Å². The molecule has 2 heterocycles. The number of hydrogen-bond acceptors (Lipinski definition) is 2. The molecule has 3 aromatic carbocycles. The lowest BCUT2D eigenvalue weighted by molar-refractivity contribution is -0.137. The standard InChI is InChI=1S/C31H29BrF3N3O.ClH/c1-37-17-15-21(16-18-37)20-36-30(39)24-6-4-5-23(19-24)28-14-13-27(22-9-11-25(32)12-10-22)38(28)29-8-3-2-7-26(29)31(33,34)35;/h2-14,19,21H,15-18,20H2,1H3,(H,36,39);1H. The van der Waals surface area contributed by atoms with Crippen LogP contribution in [-0.4, -0.2) is 42.1 Å². The summed E-state index contributed by atoms with van der Waals surface area (Å²) >= 11 is 3.43. The van der Waals surface area contributed by atoms with E-state index in [2.05, 4.69) is 33.2 Å². The van der Waals surface area contributed by atoms with E-state index in [9.17, 15) is 18.0 Å². The van der Waals surface area contributed by atoms with Gasteiger partial charge >= 0.3 is 6.18 Å². The van der Waals surface area contributed by atoms with E-state index in [1.165, 1.54) is 12.1 Å². The predicted molar refractivity (Wildman–Crippen MR) is 159 cm³/mol. The van der Waals surface area contributed by atoms with Crippen LogP contribution in [0.5, 0.6) is 0 Å². The van der Waals surface area contributed by atoms with Gasteiger partial charge in [0.25, 0.3) is 5.91 Å². The van der Waals surface area contributed by atoms with Crippen molar-refractivity contribution in [3.8, 4) is 28.2 Å². The van der Waals surface area contributed by atoms with Crippen LogP contribution >= 0.6 is 28.3 Å². The number of nitrogens with zero attached hydrogens (tertiary/aromatic N) is 2. The minimum absolute atomic E-state index is 0. The van der Waals surface area contributed by atoms with E-state index in [1.807, 2.05) is 36.4 Å². The summed E-state index contributed by atoms with van der Waals surface area (Å²) in [6.07, 6.45) is -2.45. The number of hydrogen-bond donors (Lipinski definition) is 1. The van der Waals surface area contributed by atoms with Crippen molar-refractivity contribution in [3.05, 3.63) is 101 Å². The third kappa shape index (κ3) is 6.62. The molecule has 5 rings (SSSR count). The zero-order valence-corrected chi connectivity index (χ0v) is 24.3. The highest BCUT2D eigenvalue weighted by Gasteiger charge is 2.34. The molecule has 1 amide bonds. The highest BCUT2D eigenvalue weighted by atomic mass is 79.9. The van der Waals surface area contributed by atoms with Gasteiger partial charge < -0.3 is 14.8 Å². The molecule has 0 bridgehead atoms. The van der Waals surface area contributed by atoms with Crippen LogP contribution in [0.25, 0.3) is 28.2 Å². The molecule has 1 saturated heterocycles. The van der Waals surface area contributed by atoms with Crippen LogP contribution in [0.1, 0.15) is 28.8 Å². The minimum atomic E-state index is -4.54. The normalized spacial score (nSPS) is 14.5. The summed E-state index contributed by atoms with van der Waals surface area (Å²) in [4.78, 5) is 15.3. The molecule has 1 aromatic heterocycles. The molecule has 0 spiro atoms. The van der Waals surface area contributed by atoms with E-state index in [4.69, 9.17) is 0 Å². The first-order valence-electron chi connectivity index (χ1n) is 12.9. The average Bonchev–Trinajstić information content (AvgIpc) is 3.38. The van der Waals surface area contributed by atoms with Crippen molar-refractivity contribution in [2.75, 3.05) is 26.7 Å². The number of rotatable bonds is 6. The average molecular weight is 633 g/mol. The topological polar surface area (TPSA) is 37.3 Å². The lowest BCUT2D eigenvalue weighted by Gasteiger charge is -2.28. The predicted octanol–water partition coefficient (Wildman–Crippen LogP) is 8.09. The molecule has 1 N–H and O–H groups in total. The van der Waals surface area contributed by atoms with Crippen molar-refractivity contribution in [3.63, 3.8) is 0 Å². The van der Waals surface area contributed by atoms with Crippen molar-refractivity contribution < 1.29 is 18.0 Å². The molecule has 1 aliphatic rings. The summed E-state index contributed by atoms with van der Waals surface area (Å²) in [7, 11) is 2.10. The molecule has 0 saturated carbocycles. The first kappa shape index (κ1) is 29.9. The molecule has 0 atom stereocenters. The lowest BCUT2D eigenvalue weighted by Crippen LogP contribution is -2.36. The Morgan fingerprint density at radius 1 is 0.900 bits per heavy atom. The number of para-hydroxylation sites is 1. The van der Waals surface area contributed by atoms with Gasteiger partial charge in [-0.25, -0.2) is 0 Å². The SMILES string of the molecule is CN1CCC(CNC(=O)c2cccc(-c3ccc(-c4ccc(Br)cc4)n3-c3ccccc3C(F)(F)F)c2)CC1.Cl. The van der Waals surface area contributed by atoms with Crippen molar-refractivity contribution in [1.29, 1.82) is 0 Å². The molecule has 210 valence electrons. The summed E-state index contributed by atoms with van der Waals surface area (Å²) in [5, 5.41) is 3.06. The number of piperidine rings is 1. The van der Waals surface area contributed by atoms with Crippen LogP contribution in [0.4, 0.5) is 13.2 Å². The van der Waals surface area contributed by atoms with Crippen molar-refractivity contribution in [2.24, 2.45) is 5.92 Å². The Hall–Kier alpha value is -3.07. The zero-order chi connectivity index (χ0) is 27.6. The fourth-order valence-electron chi connectivity index (χ4n) is 5.10. The largest absolute Gasteiger partial charge is 0.418 e. The van der Waals surface area contributed by atoms with Crippen molar-refractivity contribution >= 4 is 34.2 Å². The van der Waals surface area contributed by atoms with Crippen LogP contribution in [0.3, 0.4) is 0 Å². The van der Waals surface area contributed by atoms with Gasteiger partial charge in [-0.3, -0.25) is 4.79 Å². The second-order valence-corrected chi connectivity index (χ2v) is 10.9. The van der Waals surface area contributed by atoms with Gasteiger partial charge in [0.1, 0.15) is 0 Å². The molecule has 40 heavy (non-hydrogen) atoms. The van der Waals surface area contributed by atoms with Gasteiger partial charge in [-0.05, 0) is 98.6 Å². The maximum Gasteiger partial charge on any atom is 0.418 e. The van der Waals surface area contributed by atoms with Gasteiger partial charge in [0.05, 0.1) is 22.6 Å². The van der Waals surface area contributed by atoms with E-state index >= 15 is 0 Å². The van der Waals surface area contributed by atoms with Crippen LogP contribution in [-0.2, 0) is 6.18 Å². The number of amides is 1. The Labute approximate surface area is 246 Å². The maximum absolute atomic E-state index is 14.1. The summed E-state index contributed by atoms with van der Waals surface area (Å²) in [5.41, 5.74) is 2.38. The fourth-order valence-corrected chi connectivity index (χ4v) is 5.37. The molecule has 9 heteroatoms. The Morgan fingerprint density at radius 3 is 2.23 bits per heavy atom. The second-order valence-electron chi connectivity index (χ2n) is 10.00. The Balaban J connectivity index is 0.00000370. The summed E-state index contributed by atoms with van der Waals surface area (Å²) in [6.45, 7) is 2.65. The smallest absolute Gasteiger partial charge is 0.352 e. The molecule has 0 radical (unpaired) electrons. The first-order valence-corrected chi connectivity index (χ1v) is 13.7. The van der Waals surface area contributed by atoms with E-state index in [1.54, 1.807) is 34.9 Å². The molecular formula is C31H30BrClF3N3O. The highest BCUT2D eigenvalue weighted by Crippen LogP contribution is 2.39. The van der Waals surface area contributed by atoms with Crippen LogP contribution in [0.15, 0.2) is 89.4 Å². The summed E-state index contributed by atoms with van der Waals surface area (Å²) < 4.78 is 44.8. The quantitative estimate of drug-likeness (QED) is 0.233. The van der Waals surface area contributed by atoms with E-state index in [0.717, 1.165) is 42.0 Å². The number of carbonyl (C=O) groups is 1. The molecule has 0 unspecified atom stereocenters. The van der Waals surface area contributed by atoms with Gasteiger partial charge in [0.2, 0.25) is 0 Å². The Kier molecular flexibility index (Phi) is 9.44. The molecule has 1 aliphatic heterocycles. The lowest BCUT2D eigenvalue weighted by atomic mass is 9.97. The van der Waals surface area contributed by atoms with E-state index in [-0.39, 0.29) is 24.0 Å². The monoisotopic (exact) mass is 631 g/mol. The van der Waals surface area contributed by atoms with Gasteiger partial charge in [-0.15, -0.1) is 12.4 Å². The minimum Gasteiger partial charge on any atom is -0.352 e. The molecule has 4 nitrogen and oxygen atoms in total. The second kappa shape index (κ2) is 12.6. The van der Waals surface area contributed by atoms with Crippen molar-refractivity contribution in [2.45, 2.75) is 19.0 Å². The molecule has 0 aliphatic carbocycles. The number of carbonyl (C=O) groups excluding carboxylic acids is 1. The number of nitrogens with one attached hydrogen (secondary N) is 1. The third-order valence-corrected chi connectivity index (χ3v) is 7.81. The van der Waals surface area contributed by atoms with E-state index < -0.39 is 11.7 Å². The number of aromatic nitrogens is 1. The Bertz CT molecular complexity index is 1460. The maximum atomic E-state index is 14.1. The fraction of sp³-hybridized carbons (Fsp3) is 0.258. The zero-order valence-electron chi connectivity index (χ0n) is 21.9. The third-order valence-electron chi connectivity index (χ3n) is 7.28.